The van der Waals surface area contributed by atoms with Gasteiger partial charge in [0, 0.05) is 26.2 Å². The van der Waals surface area contributed by atoms with Crippen molar-refractivity contribution >= 4 is 15.8 Å². The second-order valence-electron chi connectivity index (χ2n) is 8.16. The van der Waals surface area contributed by atoms with Crippen molar-refractivity contribution in [2.45, 2.75) is 57.6 Å². The van der Waals surface area contributed by atoms with Crippen LogP contribution in [0, 0.1) is 11.3 Å². The molecule has 3 aliphatic rings. The zero-order valence-corrected chi connectivity index (χ0v) is 15.6. The summed E-state index contributed by atoms with van der Waals surface area (Å²) in [4.78, 5) is 7.09. The largest absolute Gasteiger partial charge is 0.357 e. The fraction of sp³-hybridized carbons (Fsp3) is 0.941. The molecule has 1 heterocycles. The molecule has 3 fully saturated rings. The Balaban J connectivity index is 1.72. The molecule has 0 radical (unpaired) electrons. The van der Waals surface area contributed by atoms with Crippen molar-refractivity contribution in [1.82, 2.24) is 10.2 Å². The number of rotatable bonds is 4. The van der Waals surface area contributed by atoms with E-state index in [1.54, 1.807) is 0 Å². The van der Waals surface area contributed by atoms with E-state index in [-0.39, 0.29) is 5.75 Å². The highest BCUT2D eigenvalue weighted by atomic mass is 32.2. The zero-order chi connectivity index (χ0) is 16.7. The van der Waals surface area contributed by atoms with Crippen molar-refractivity contribution in [3.05, 3.63) is 0 Å². The SMILES string of the molecule is CCNC(=NCC1(C2CC2)CCC1)N1CCS(=O)(=O)C(C)(C)C1. The summed E-state index contributed by atoms with van der Waals surface area (Å²) in [6.45, 7) is 8.53. The Bertz CT molecular complexity index is 575. The molecule has 23 heavy (non-hydrogen) atoms. The average molecular weight is 342 g/mol. The van der Waals surface area contributed by atoms with Gasteiger partial charge in [-0.2, -0.15) is 0 Å². The van der Waals surface area contributed by atoms with Crippen molar-refractivity contribution in [3.63, 3.8) is 0 Å². The van der Waals surface area contributed by atoms with E-state index in [1.807, 2.05) is 13.8 Å². The normalized spacial score (nSPS) is 29.0. The number of nitrogens with zero attached hydrogens (tertiary/aromatic N) is 2. The lowest BCUT2D eigenvalue weighted by molar-refractivity contribution is 0.112. The molecule has 0 spiro atoms. The highest BCUT2D eigenvalue weighted by Crippen LogP contribution is 2.57. The maximum atomic E-state index is 12.2. The smallest absolute Gasteiger partial charge is 0.194 e. The number of aliphatic imine (C=N–C) groups is 1. The first-order valence-electron chi connectivity index (χ1n) is 9.05. The summed E-state index contributed by atoms with van der Waals surface area (Å²) in [5.41, 5.74) is 0.456. The maximum Gasteiger partial charge on any atom is 0.194 e. The summed E-state index contributed by atoms with van der Waals surface area (Å²) in [6.07, 6.45) is 6.74. The number of sulfone groups is 1. The summed E-state index contributed by atoms with van der Waals surface area (Å²) in [5, 5.41) is 3.38. The van der Waals surface area contributed by atoms with Gasteiger partial charge in [0.25, 0.3) is 0 Å². The van der Waals surface area contributed by atoms with E-state index in [2.05, 4.69) is 17.1 Å². The Hall–Kier alpha value is -0.780. The molecule has 1 N–H and O–H groups in total. The maximum absolute atomic E-state index is 12.2. The van der Waals surface area contributed by atoms with Crippen LogP contribution in [0.3, 0.4) is 0 Å². The molecule has 0 bridgehead atoms. The molecule has 6 heteroatoms. The third kappa shape index (κ3) is 3.24. The molecule has 0 amide bonds. The van der Waals surface area contributed by atoms with Gasteiger partial charge < -0.3 is 10.2 Å². The van der Waals surface area contributed by atoms with Gasteiger partial charge in [-0.05, 0) is 57.8 Å². The number of hydrogen-bond donors (Lipinski definition) is 1. The Morgan fingerprint density at radius 2 is 2.00 bits per heavy atom. The summed E-state index contributed by atoms with van der Waals surface area (Å²) < 4.78 is 23.7. The van der Waals surface area contributed by atoms with Crippen LogP contribution in [-0.2, 0) is 9.84 Å². The van der Waals surface area contributed by atoms with E-state index < -0.39 is 14.6 Å². The van der Waals surface area contributed by atoms with Crippen LogP contribution in [0.2, 0.25) is 0 Å². The molecule has 5 nitrogen and oxygen atoms in total. The molecule has 0 aromatic rings. The van der Waals surface area contributed by atoms with E-state index in [4.69, 9.17) is 4.99 Å². The first kappa shape index (κ1) is 17.1. The Labute approximate surface area is 140 Å². The Morgan fingerprint density at radius 1 is 1.30 bits per heavy atom. The minimum atomic E-state index is -3.01. The quantitative estimate of drug-likeness (QED) is 0.628. The molecule has 1 aliphatic heterocycles. The molecule has 132 valence electrons. The Kier molecular flexibility index (Phi) is 4.40. The molecule has 3 rings (SSSR count). The van der Waals surface area contributed by atoms with Crippen LogP contribution in [0.1, 0.15) is 52.9 Å². The van der Waals surface area contributed by atoms with Gasteiger partial charge in [0.05, 0.1) is 10.5 Å². The van der Waals surface area contributed by atoms with Crippen molar-refractivity contribution in [2.24, 2.45) is 16.3 Å². The molecule has 0 unspecified atom stereocenters. The van der Waals surface area contributed by atoms with Crippen LogP contribution in [0.15, 0.2) is 4.99 Å². The lowest BCUT2D eigenvalue weighted by atomic mass is 9.65. The molecular formula is C17H31N3O2S. The minimum absolute atomic E-state index is 0.220. The van der Waals surface area contributed by atoms with Gasteiger partial charge in [-0.25, -0.2) is 8.42 Å². The van der Waals surface area contributed by atoms with E-state index in [0.29, 0.717) is 18.5 Å². The molecule has 0 aromatic heterocycles. The van der Waals surface area contributed by atoms with E-state index >= 15 is 0 Å². The molecule has 0 atom stereocenters. The molecule has 1 saturated heterocycles. The van der Waals surface area contributed by atoms with Crippen molar-refractivity contribution in [1.29, 1.82) is 0 Å². The van der Waals surface area contributed by atoms with Crippen LogP contribution < -0.4 is 5.32 Å². The molecule has 2 aliphatic carbocycles. The van der Waals surface area contributed by atoms with Crippen molar-refractivity contribution in [3.8, 4) is 0 Å². The topological polar surface area (TPSA) is 61.8 Å². The second kappa shape index (κ2) is 5.94. The molecule has 2 saturated carbocycles. The zero-order valence-electron chi connectivity index (χ0n) is 14.8. The highest BCUT2D eigenvalue weighted by molar-refractivity contribution is 7.92. The van der Waals surface area contributed by atoms with Crippen molar-refractivity contribution < 1.29 is 8.42 Å². The van der Waals surface area contributed by atoms with Gasteiger partial charge in [0.15, 0.2) is 15.8 Å². The first-order chi connectivity index (χ1) is 10.8. The van der Waals surface area contributed by atoms with Gasteiger partial charge in [-0.3, -0.25) is 4.99 Å². The number of guanidine groups is 1. The fourth-order valence-corrected chi connectivity index (χ4v) is 5.37. The summed E-state index contributed by atoms with van der Waals surface area (Å²) in [7, 11) is -3.01. The lowest BCUT2D eigenvalue weighted by Crippen LogP contribution is -2.57. The van der Waals surface area contributed by atoms with Crippen LogP contribution in [-0.4, -0.2) is 56.0 Å². The highest BCUT2D eigenvalue weighted by Gasteiger charge is 2.49. The third-order valence-corrected chi connectivity index (χ3v) is 8.55. The van der Waals surface area contributed by atoms with E-state index in [0.717, 1.165) is 25.0 Å². The van der Waals surface area contributed by atoms with Crippen molar-refractivity contribution in [2.75, 3.05) is 31.9 Å². The van der Waals surface area contributed by atoms with Gasteiger partial charge >= 0.3 is 0 Å². The fourth-order valence-electron chi connectivity index (χ4n) is 4.00. The first-order valence-corrected chi connectivity index (χ1v) is 10.7. The van der Waals surface area contributed by atoms with Gasteiger partial charge in [-0.15, -0.1) is 0 Å². The van der Waals surface area contributed by atoms with Gasteiger partial charge in [0.1, 0.15) is 0 Å². The number of hydrogen-bond acceptors (Lipinski definition) is 3. The molecule has 0 aromatic carbocycles. The summed E-state index contributed by atoms with van der Waals surface area (Å²) in [6, 6.07) is 0. The summed E-state index contributed by atoms with van der Waals surface area (Å²) >= 11 is 0. The van der Waals surface area contributed by atoms with Crippen LogP contribution in [0.25, 0.3) is 0 Å². The van der Waals surface area contributed by atoms with Gasteiger partial charge in [0.2, 0.25) is 0 Å². The molecular weight excluding hydrogens is 310 g/mol. The predicted molar refractivity (Wildman–Crippen MR) is 94.4 cm³/mol. The lowest BCUT2D eigenvalue weighted by Gasteiger charge is -2.43. The Morgan fingerprint density at radius 3 is 2.48 bits per heavy atom. The second-order valence-corrected chi connectivity index (χ2v) is 10.9. The monoisotopic (exact) mass is 341 g/mol. The standard InChI is InChI=1S/C17H31N3O2S/c1-4-18-15(19-12-17(8-5-9-17)14-6-7-14)20-10-11-23(21,22)16(2,3)13-20/h14H,4-13H2,1-3H3,(H,18,19). The summed E-state index contributed by atoms with van der Waals surface area (Å²) in [5.74, 6) is 2.02. The van der Waals surface area contributed by atoms with Crippen LogP contribution in [0.5, 0.6) is 0 Å². The van der Waals surface area contributed by atoms with Crippen LogP contribution >= 0.6 is 0 Å². The van der Waals surface area contributed by atoms with E-state index in [9.17, 15) is 8.42 Å². The number of nitrogens with one attached hydrogen (secondary N) is 1. The van der Waals surface area contributed by atoms with Gasteiger partial charge in [-0.1, -0.05) is 6.42 Å². The van der Waals surface area contributed by atoms with E-state index in [1.165, 1.54) is 32.1 Å². The predicted octanol–water partition coefficient (Wildman–Crippen LogP) is 2.04. The third-order valence-electron chi connectivity index (χ3n) is 6.01. The minimum Gasteiger partial charge on any atom is -0.357 e. The van der Waals surface area contributed by atoms with Crippen LogP contribution in [0.4, 0.5) is 0 Å². The average Bonchev–Trinajstić information content (AvgIpc) is 3.24.